The van der Waals surface area contributed by atoms with Gasteiger partial charge in [0.1, 0.15) is 11.6 Å². The Morgan fingerprint density at radius 3 is 2.52 bits per heavy atom. The minimum absolute atomic E-state index is 0.151. The van der Waals surface area contributed by atoms with Crippen molar-refractivity contribution in [3.8, 4) is 0 Å². The number of aromatic nitrogens is 2. The molecular weight excluding hydrogens is 369 g/mol. The number of ether oxygens (including phenoxy) is 1. The van der Waals surface area contributed by atoms with E-state index in [0.29, 0.717) is 31.6 Å². The number of nitrogens with zero attached hydrogens (tertiary/aromatic N) is 3. The van der Waals surface area contributed by atoms with E-state index in [1.54, 1.807) is 0 Å². The SMILES string of the molecule is Cc1cnc(CC2CCN(C(=O)C3CCOCC3)CC2)n1Cc1ccc(F)cc1. The maximum Gasteiger partial charge on any atom is 0.225 e. The highest BCUT2D eigenvalue weighted by atomic mass is 19.1. The second kappa shape index (κ2) is 9.08. The monoisotopic (exact) mass is 399 g/mol. The Kier molecular flexibility index (Phi) is 6.28. The van der Waals surface area contributed by atoms with E-state index in [1.807, 2.05) is 18.3 Å². The van der Waals surface area contributed by atoms with E-state index in [2.05, 4.69) is 21.4 Å². The summed E-state index contributed by atoms with van der Waals surface area (Å²) in [6, 6.07) is 6.68. The van der Waals surface area contributed by atoms with Crippen molar-refractivity contribution in [2.75, 3.05) is 26.3 Å². The summed E-state index contributed by atoms with van der Waals surface area (Å²) < 4.78 is 20.8. The topological polar surface area (TPSA) is 47.4 Å². The van der Waals surface area contributed by atoms with Crippen LogP contribution in [0, 0.1) is 24.6 Å². The molecule has 0 spiro atoms. The van der Waals surface area contributed by atoms with Gasteiger partial charge in [-0.1, -0.05) is 12.1 Å². The molecule has 0 radical (unpaired) electrons. The van der Waals surface area contributed by atoms with E-state index in [4.69, 9.17) is 4.74 Å². The third-order valence-electron chi connectivity index (χ3n) is 6.36. The van der Waals surface area contributed by atoms with Gasteiger partial charge in [0.2, 0.25) is 5.91 Å². The van der Waals surface area contributed by atoms with Crippen molar-refractivity contribution in [2.45, 2.75) is 45.6 Å². The number of imidazole rings is 1. The third-order valence-corrected chi connectivity index (χ3v) is 6.36. The lowest BCUT2D eigenvalue weighted by Gasteiger charge is -2.35. The molecule has 1 aromatic carbocycles. The molecular formula is C23H30FN3O2. The Bertz CT molecular complexity index is 819. The van der Waals surface area contributed by atoms with Gasteiger partial charge in [0.15, 0.2) is 0 Å². The van der Waals surface area contributed by atoms with Crippen LogP contribution in [-0.4, -0.2) is 46.7 Å². The summed E-state index contributed by atoms with van der Waals surface area (Å²) in [5, 5.41) is 0. The van der Waals surface area contributed by atoms with Crippen LogP contribution in [0.4, 0.5) is 4.39 Å². The molecule has 6 heteroatoms. The van der Waals surface area contributed by atoms with Gasteiger partial charge in [-0.3, -0.25) is 4.79 Å². The Hall–Kier alpha value is -2.21. The number of aryl methyl sites for hydroxylation is 1. The molecule has 2 aliphatic rings. The number of rotatable bonds is 5. The fraction of sp³-hybridized carbons (Fsp3) is 0.565. The number of piperidine rings is 1. The first-order valence-electron chi connectivity index (χ1n) is 10.7. The Labute approximate surface area is 171 Å². The highest BCUT2D eigenvalue weighted by molar-refractivity contribution is 5.79. The van der Waals surface area contributed by atoms with Gasteiger partial charge in [-0.05, 0) is 56.2 Å². The Morgan fingerprint density at radius 2 is 1.83 bits per heavy atom. The van der Waals surface area contributed by atoms with Gasteiger partial charge < -0.3 is 14.2 Å². The first kappa shape index (κ1) is 20.1. The fourth-order valence-electron chi connectivity index (χ4n) is 4.48. The van der Waals surface area contributed by atoms with Crippen LogP contribution in [0.1, 0.15) is 42.8 Å². The third kappa shape index (κ3) is 4.86. The summed E-state index contributed by atoms with van der Waals surface area (Å²) in [5.74, 6) is 1.89. The predicted octanol–water partition coefficient (Wildman–Crippen LogP) is 3.59. The molecule has 3 heterocycles. The van der Waals surface area contributed by atoms with Crippen molar-refractivity contribution in [3.05, 3.63) is 53.4 Å². The first-order valence-corrected chi connectivity index (χ1v) is 10.7. The van der Waals surface area contributed by atoms with Gasteiger partial charge in [-0.25, -0.2) is 9.37 Å². The van der Waals surface area contributed by atoms with E-state index >= 15 is 0 Å². The van der Waals surface area contributed by atoms with E-state index in [0.717, 1.165) is 62.3 Å². The smallest absolute Gasteiger partial charge is 0.225 e. The molecule has 156 valence electrons. The Balaban J connectivity index is 1.34. The largest absolute Gasteiger partial charge is 0.381 e. The lowest BCUT2D eigenvalue weighted by atomic mass is 9.91. The normalized spacial score (nSPS) is 18.9. The summed E-state index contributed by atoms with van der Waals surface area (Å²) in [4.78, 5) is 19.4. The number of halogens is 1. The quantitative estimate of drug-likeness (QED) is 0.772. The lowest BCUT2D eigenvalue weighted by molar-refractivity contribution is -0.139. The number of likely N-dealkylation sites (tertiary alicyclic amines) is 1. The molecule has 2 saturated heterocycles. The summed E-state index contributed by atoms with van der Waals surface area (Å²) in [7, 11) is 0. The average Bonchev–Trinajstić information content (AvgIpc) is 3.09. The number of hydrogen-bond donors (Lipinski definition) is 0. The second-order valence-electron chi connectivity index (χ2n) is 8.39. The molecule has 0 N–H and O–H groups in total. The zero-order chi connectivity index (χ0) is 20.2. The van der Waals surface area contributed by atoms with Gasteiger partial charge in [0, 0.05) is 57.1 Å². The van der Waals surface area contributed by atoms with Crippen molar-refractivity contribution in [2.24, 2.45) is 11.8 Å². The molecule has 29 heavy (non-hydrogen) atoms. The zero-order valence-electron chi connectivity index (χ0n) is 17.1. The van der Waals surface area contributed by atoms with E-state index in [1.165, 1.54) is 12.1 Å². The van der Waals surface area contributed by atoms with Gasteiger partial charge in [-0.2, -0.15) is 0 Å². The highest BCUT2D eigenvalue weighted by Crippen LogP contribution is 2.25. The number of carbonyl (C=O) groups excluding carboxylic acids is 1. The van der Waals surface area contributed by atoms with E-state index in [-0.39, 0.29) is 11.7 Å². The molecule has 0 saturated carbocycles. The van der Waals surface area contributed by atoms with E-state index < -0.39 is 0 Å². The Morgan fingerprint density at radius 1 is 1.14 bits per heavy atom. The number of benzene rings is 1. The highest BCUT2D eigenvalue weighted by Gasteiger charge is 2.30. The van der Waals surface area contributed by atoms with Crippen molar-refractivity contribution >= 4 is 5.91 Å². The van der Waals surface area contributed by atoms with Crippen LogP contribution in [0.3, 0.4) is 0 Å². The molecule has 4 rings (SSSR count). The van der Waals surface area contributed by atoms with Gasteiger partial charge >= 0.3 is 0 Å². The summed E-state index contributed by atoms with van der Waals surface area (Å²) >= 11 is 0. The molecule has 2 aromatic rings. The molecule has 1 aromatic heterocycles. The van der Waals surface area contributed by atoms with Crippen molar-refractivity contribution in [1.82, 2.24) is 14.5 Å². The van der Waals surface area contributed by atoms with Gasteiger partial charge in [0.05, 0.1) is 0 Å². The van der Waals surface area contributed by atoms with Crippen LogP contribution in [0.2, 0.25) is 0 Å². The molecule has 2 fully saturated rings. The average molecular weight is 400 g/mol. The fourth-order valence-corrected chi connectivity index (χ4v) is 4.48. The summed E-state index contributed by atoms with van der Waals surface area (Å²) in [5.41, 5.74) is 2.20. The van der Waals surface area contributed by atoms with Gasteiger partial charge in [-0.15, -0.1) is 0 Å². The minimum atomic E-state index is -0.210. The molecule has 1 amide bonds. The lowest BCUT2D eigenvalue weighted by Crippen LogP contribution is -2.43. The second-order valence-corrected chi connectivity index (χ2v) is 8.39. The van der Waals surface area contributed by atoms with Crippen LogP contribution in [0.5, 0.6) is 0 Å². The van der Waals surface area contributed by atoms with E-state index in [9.17, 15) is 9.18 Å². The maximum absolute atomic E-state index is 13.2. The molecule has 0 unspecified atom stereocenters. The van der Waals surface area contributed by atoms with Crippen LogP contribution in [0.15, 0.2) is 30.5 Å². The molecule has 0 atom stereocenters. The summed E-state index contributed by atoms with van der Waals surface area (Å²) in [6.07, 6.45) is 6.61. The van der Waals surface area contributed by atoms with Crippen LogP contribution >= 0.6 is 0 Å². The standard InChI is InChI=1S/C23H30FN3O2/c1-17-15-25-22(27(17)16-19-2-4-21(24)5-3-19)14-18-6-10-26(11-7-18)23(28)20-8-12-29-13-9-20/h2-5,15,18,20H,6-14,16H2,1H3. The molecule has 0 aliphatic carbocycles. The molecule has 5 nitrogen and oxygen atoms in total. The van der Waals surface area contributed by atoms with Crippen LogP contribution in [-0.2, 0) is 22.5 Å². The number of amides is 1. The van der Waals surface area contributed by atoms with Crippen molar-refractivity contribution < 1.29 is 13.9 Å². The van der Waals surface area contributed by atoms with Gasteiger partial charge in [0.25, 0.3) is 0 Å². The van der Waals surface area contributed by atoms with Crippen LogP contribution < -0.4 is 0 Å². The maximum atomic E-state index is 13.2. The molecule has 2 aliphatic heterocycles. The first-order chi connectivity index (χ1) is 14.1. The number of carbonyl (C=O) groups is 1. The number of hydrogen-bond acceptors (Lipinski definition) is 3. The predicted molar refractivity (Wildman–Crippen MR) is 109 cm³/mol. The minimum Gasteiger partial charge on any atom is -0.381 e. The van der Waals surface area contributed by atoms with Crippen molar-refractivity contribution in [3.63, 3.8) is 0 Å². The molecule has 0 bridgehead atoms. The van der Waals surface area contributed by atoms with Crippen molar-refractivity contribution in [1.29, 1.82) is 0 Å². The van der Waals surface area contributed by atoms with Crippen LogP contribution in [0.25, 0.3) is 0 Å². The summed E-state index contributed by atoms with van der Waals surface area (Å²) in [6.45, 7) is 5.89. The zero-order valence-corrected chi connectivity index (χ0v) is 17.1.